The lowest BCUT2D eigenvalue weighted by molar-refractivity contribution is 0.0366. The van der Waals surface area contributed by atoms with Crippen LogP contribution in [-0.2, 0) is 0 Å². The van der Waals surface area contributed by atoms with Crippen LogP contribution in [0.1, 0.15) is 50.8 Å². The Labute approximate surface area is 196 Å². The first-order chi connectivity index (χ1) is 16.5. The number of aromatic nitrogens is 2. The molecule has 3 amide bonds. The Morgan fingerprint density at radius 3 is 2.29 bits per heavy atom. The fourth-order valence-electron chi connectivity index (χ4n) is 4.88. The first kappa shape index (κ1) is 21.9. The number of halogens is 1. The molecule has 5 rings (SSSR count). The van der Waals surface area contributed by atoms with Crippen LogP contribution in [0.3, 0.4) is 0 Å². The molecule has 3 heterocycles. The number of rotatable bonds is 4. The van der Waals surface area contributed by atoms with Crippen molar-refractivity contribution in [2.24, 2.45) is 5.92 Å². The third kappa shape index (κ3) is 3.65. The molecule has 2 unspecified atom stereocenters. The summed E-state index contributed by atoms with van der Waals surface area (Å²) in [5.41, 5.74) is 0.941. The number of benzene rings is 2. The zero-order valence-corrected chi connectivity index (χ0v) is 18.6. The van der Waals surface area contributed by atoms with Gasteiger partial charge in [0.1, 0.15) is 5.82 Å². The minimum atomic E-state index is -0.660. The molecule has 0 bridgehead atoms. The third-order valence-corrected chi connectivity index (χ3v) is 6.66. The van der Waals surface area contributed by atoms with Gasteiger partial charge in [0.2, 0.25) is 0 Å². The van der Waals surface area contributed by atoms with Gasteiger partial charge in [-0.25, -0.2) is 14.4 Å². The molecule has 172 valence electrons. The molecular formula is C26H23FN4O3. The van der Waals surface area contributed by atoms with Crippen molar-refractivity contribution in [3.8, 4) is 11.4 Å². The van der Waals surface area contributed by atoms with Gasteiger partial charge in [0, 0.05) is 24.5 Å². The number of amides is 3. The molecule has 2 atom stereocenters. The molecule has 1 saturated heterocycles. The van der Waals surface area contributed by atoms with Gasteiger partial charge in [-0.2, -0.15) is 0 Å². The second-order valence-electron chi connectivity index (χ2n) is 8.69. The SMILES string of the molecule is CC1CCCN(C(=O)c2c(F)cccc2-c2ncccn2)C1CN1C(=O)c2ccccc2C1=O. The van der Waals surface area contributed by atoms with Crippen molar-refractivity contribution in [3.05, 3.63) is 83.4 Å². The van der Waals surface area contributed by atoms with Crippen molar-refractivity contribution in [1.82, 2.24) is 19.8 Å². The van der Waals surface area contributed by atoms with Crippen LogP contribution in [0.25, 0.3) is 11.4 Å². The molecular weight excluding hydrogens is 435 g/mol. The highest BCUT2D eigenvalue weighted by molar-refractivity contribution is 6.21. The van der Waals surface area contributed by atoms with Crippen molar-refractivity contribution in [3.63, 3.8) is 0 Å². The van der Waals surface area contributed by atoms with Crippen molar-refractivity contribution in [2.45, 2.75) is 25.8 Å². The number of likely N-dealkylation sites (tertiary alicyclic amines) is 1. The number of carbonyl (C=O) groups is 3. The summed E-state index contributed by atoms with van der Waals surface area (Å²) in [4.78, 5) is 50.9. The Hall–Kier alpha value is -3.94. The fourth-order valence-corrected chi connectivity index (χ4v) is 4.88. The van der Waals surface area contributed by atoms with Crippen LogP contribution in [0.5, 0.6) is 0 Å². The van der Waals surface area contributed by atoms with E-state index >= 15 is 4.39 Å². The summed E-state index contributed by atoms with van der Waals surface area (Å²) in [7, 11) is 0. The zero-order chi connectivity index (χ0) is 23.8. The lowest BCUT2D eigenvalue weighted by Gasteiger charge is -2.41. The van der Waals surface area contributed by atoms with Crippen molar-refractivity contribution in [1.29, 1.82) is 0 Å². The van der Waals surface area contributed by atoms with E-state index in [0.29, 0.717) is 23.2 Å². The molecule has 2 aliphatic rings. The molecule has 0 saturated carbocycles. The molecule has 0 radical (unpaired) electrons. The first-order valence-corrected chi connectivity index (χ1v) is 11.3. The topological polar surface area (TPSA) is 83.5 Å². The van der Waals surface area contributed by atoms with E-state index in [1.807, 2.05) is 6.92 Å². The number of nitrogens with zero attached hydrogens (tertiary/aromatic N) is 4. The Morgan fingerprint density at radius 1 is 0.971 bits per heavy atom. The van der Waals surface area contributed by atoms with E-state index < -0.39 is 17.8 Å². The second kappa shape index (κ2) is 8.78. The lowest BCUT2D eigenvalue weighted by atomic mass is 9.89. The molecule has 0 spiro atoms. The summed E-state index contributed by atoms with van der Waals surface area (Å²) in [5.74, 6) is -1.61. The fraction of sp³-hybridized carbons (Fsp3) is 0.269. The van der Waals surface area contributed by atoms with Crippen LogP contribution < -0.4 is 0 Å². The maximum atomic E-state index is 15.1. The van der Waals surface area contributed by atoms with Crippen LogP contribution in [0, 0.1) is 11.7 Å². The highest BCUT2D eigenvalue weighted by Crippen LogP contribution is 2.32. The Balaban J connectivity index is 1.49. The molecule has 2 aliphatic heterocycles. The maximum Gasteiger partial charge on any atom is 0.261 e. The molecule has 0 N–H and O–H groups in total. The van der Waals surface area contributed by atoms with Gasteiger partial charge in [-0.3, -0.25) is 19.3 Å². The number of piperidine rings is 1. The van der Waals surface area contributed by atoms with Gasteiger partial charge in [-0.05, 0) is 43.0 Å². The van der Waals surface area contributed by atoms with Crippen LogP contribution in [0.2, 0.25) is 0 Å². The van der Waals surface area contributed by atoms with Gasteiger partial charge in [0.05, 0.1) is 29.3 Å². The van der Waals surface area contributed by atoms with Gasteiger partial charge in [-0.1, -0.05) is 31.2 Å². The molecule has 1 aromatic heterocycles. The van der Waals surface area contributed by atoms with Gasteiger partial charge in [-0.15, -0.1) is 0 Å². The van der Waals surface area contributed by atoms with Crippen molar-refractivity contribution in [2.75, 3.05) is 13.1 Å². The largest absolute Gasteiger partial charge is 0.333 e. The zero-order valence-electron chi connectivity index (χ0n) is 18.6. The average Bonchev–Trinajstić information content (AvgIpc) is 3.10. The molecule has 2 aromatic carbocycles. The smallest absolute Gasteiger partial charge is 0.261 e. The summed E-state index contributed by atoms with van der Waals surface area (Å²) in [6.45, 7) is 2.45. The number of imide groups is 1. The maximum absolute atomic E-state index is 15.1. The summed E-state index contributed by atoms with van der Waals surface area (Å²) in [6, 6.07) is 12.3. The van der Waals surface area contributed by atoms with Gasteiger partial charge in [0.25, 0.3) is 17.7 Å². The average molecular weight is 458 g/mol. The van der Waals surface area contributed by atoms with E-state index in [4.69, 9.17) is 0 Å². The van der Waals surface area contributed by atoms with Crippen molar-refractivity contribution >= 4 is 17.7 Å². The molecule has 8 heteroatoms. The lowest BCUT2D eigenvalue weighted by Crippen LogP contribution is -2.54. The highest BCUT2D eigenvalue weighted by atomic mass is 19.1. The van der Waals surface area contributed by atoms with Crippen LogP contribution in [-0.4, -0.2) is 56.6 Å². The second-order valence-corrected chi connectivity index (χ2v) is 8.69. The quantitative estimate of drug-likeness (QED) is 0.555. The third-order valence-electron chi connectivity index (χ3n) is 6.66. The molecule has 0 aliphatic carbocycles. The minimum Gasteiger partial charge on any atom is -0.333 e. The van der Waals surface area contributed by atoms with E-state index in [9.17, 15) is 14.4 Å². The van der Waals surface area contributed by atoms with E-state index in [0.717, 1.165) is 12.8 Å². The van der Waals surface area contributed by atoms with Gasteiger partial charge < -0.3 is 4.90 Å². The van der Waals surface area contributed by atoms with E-state index in [1.54, 1.807) is 41.3 Å². The Morgan fingerprint density at radius 2 is 1.62 bits per heavy atom. The molecule has 7 nitrogen and oxygen atoms in total. The predicted octanol–water partition coefficient (Wildman–Crippen LogP) is 3.82. The summed E-state index contributed by atoms with van der Waals surface area (Å²) in [6.07, 6.45) is 4.66. The molecule has 3 aromatic rings. The molecule has 1 fully saturated rings. The number of hydrogen-bond donors (Lipinski definition) is 0. The van der Waals surface area contributed by atoms with E-state index in [-0.39, 0.29) is 35.7 Å². The van der Waals surface area contributed by atoms with Crippen molar-refractivity contribution < 1.29 is 18.8 Å². The number of fused-ring (bicyclic) bond motifs is 1. The Kier molecular flexibility index (Phi) is 5.65. The highest BCUT2D eigenvalue weighted by Gasteiger charge is 2.41. The number of hydrogen-bond acceptors (Lipinski definition) is 5. The first-order valence-electron chi connectivity index (χ1n) is 11.3. The Bertz CT molecular complexity index is 1250. The normalized spacial score (nSPS) is 19.9. The van der Waals surface area contributed by atoms with Crippen LogP contribution in [0.15, 0.2) is 60.9 Å². The standard InChI is InChI=1S/C26H23FN4O3/c1-16-7-5-14-30(21(16)15-31-24(32)17-8-2-3-9-18(17)25(31)33)26(34)22-19(10-4-11-20(22)27)23-28-12-6-13-29-23/h2-4,6,8-13,16,21H,5,7,14-15H2,1H3. The number of carbonyl (C=O) groups excluding carboxylic acids is 3. The predicted molar refractivity (Wildman–Crippen MR) is 122 cm³/mol. The monoisotopic (exact) mass is 458 g/mol. The van der Waals surface area contributed by atoms with Gasteiger partial charge in [0.15, 0.2) is 5.82 Å². The summed E-state index contributed by atoms with van der Waals surface area (Å²) < 4.78 is 15.1. The van der Waals surface area contributed by atoms with Crippen LogP contribution in [0.4, 0.5) is 4.39 Å². The summed E-state index contributed by atoms with van der Waals surface area (Å²) in [5, 5.41) is 0. The van der Waals surface area contributed by atoms with E-state index in [2.05, 4.69) is 9.97 Å². The van der Waals surface area contributed by atoms with Gasteiger partial charge >= 0.3 is 0 Å². The van der Waals surface area contributed by atoms with Crippen LogP contribution >= 0.6 is 0 Å². The molecule has 34 heavy (non-hydrogen) atoms. The van der Waals surface area contributed by atoms with E-state index in [1.165, 1.54) is 29.4 Å². The minimum absolute atomic E-state index is 0.0187. The summed E-state index contributed by atoms with van der Waals surface area (Å²) >= 11 is 0.